The first-order chi connectivity index (χ1) is 7.13. The maximum atomic E-state index is 11.6. The molecule has 0 aromatic carbocycles. The van der Waals surface area contributed by atoms with Crippen LogP contribution in [-0.2, 0) is 6.54 Å². The third kappa shape index (κ3) is 1.56. The van der Waals surface area contributed by atoms with Gasteiger partial charge in [0.05, 0.1) is 5.69 Å². The zero-order chi connectivity index (χ0) is 11.0. The van der Waals surface area contributed by atoms with E-state index in [0.29, 0.717) is 5.92 Å². The molecule has 0 saturated carbocycles. The van der Waals surface area contributed by atoms with Gasteiger partial charge in [0, 0.05) is 24.9 Å². The van der Waals surface area contributed by atoms with E-state index in [1.165, 1.54) is 4.52 Å². The molecule has 0 fully saturated rings. The summed E-state index contributed by atoms with van der Waals surface area (Å²) in [6.45, 7) is 7.03. The van der Waals surface area contributed by atoms with E-state index in [0.717, 1.165) is 17.9 Å². The summed E-state index contributed by atoms with van der Waals surface area (Å²) in [5.74, 6) is 0.342. The molecule has 0 atom stereocenters. The number of fused-ring (bicyclic) bond motifs is 1. The van der Waals surface area contributed by atoms with Crippen molar-refractivity contribution in [2.45, 2.75) is 33.2 Å². The molecule has 2 aromatic rings. The summed E-state index contributed by atoms with van der Waals surface area (Å²) < 4.78 is 3.49. The van der Waals surface area contributed by atoms with Gasteiger partial charge in [0.25, 0.3) is 5.56 Å². The number of nitrogens with zero attached hydrogens (tertiary/aromatic N) is 3. The molecule has 2 heterocycles. The van der Waals surface area contributed by atoms with Crippen LogP contribution in [0.1, 0.15) is 32.4 Å². The Kier molecular flexibility index (Phi) is 2.34. The van der Waals surface area contributed by atoms with Crippen molar-refractivity contribution >= 4 is 5.65 Å². The summed E-state index contributed by atoms with van der Waals surface area (Å²) in [4.78, 5) is 11.6. The van der Waals surface area contributed by atoms with E-state index in [9.17, 15) is 4.79 Å². The third-order valence-electron chi connectivity index (χ3n) is 2.54. The Bertz CT molecular complexity index is 536. The first-order valence-electron chi connectivity index (χ1n) is 5.22. The second kappa shape index (κ2) is 3.53. The minimum Gasteiger partial charge on any atom is -0.333 e. The van der Waals surface area contributed by atoms with E-state index in [1.54, 1.807) is 6.07 Å². The average molecular weight is 205 g/mol. The maximum absolute atomic E-state index is 11.6. The summed E-state index contributed by atoms with van der Waals surface area (Å²) in [5.41, 5.74) is 1.76. The standard InChI is InChI=1S/C11H15N3O/c1-4-13-6-5-11(15)14-10(13)7-9(12-14)8(2)3/h5-8H,4H2,1-3H3. The minimum atomic E-state index is -0.0680. The van der Waals surface area contributed by atoms with Crippen molar-refractivity contribution in [2.24, 2.45) is 0 Å². The zero-order valence-corrected chi connectivity index (χ0v) is 9.27. The number of rotatable bonds is 2. The maximum Gasteiger partial charge on any atom is 0.274 e. The molecule has 0 aliphatic heterocycles. The number of hydrogen-bond acceptors (Lipinski definition) is 2. The van der Waals surface area contributed by atoms with E-state index in [1.807, 2.05) is 23.8 Å². The first-order valence-corrected chi connectivity index (χ1v) is 5.22. The fraction of sp³-hybridized carbons (Fsp3) is 0.455. The van der Waals surface area contributed by atoms with Crippen LogP contribution in [0.2, 0.25) is 0 Å². The Morgan fingerprint density at radius 3 is 2.80 bits per heavy atom. The van der Waals surface area contributed by atoms with Gasteiger partial charge in [0.1, 0.15) is 5.65 Å². The molecule has 0 aliphatic carbocycles. The number of aryl methyl sites for hydroxylation is 1. The molecule has 0 aliphatic rings. The van der Waals surface area contributed by atoms with Crippen molar-refractivity contribution < 1.29 is 0 Å². The lowest BCUT2D eigenvalue weighted by Crippen LogP contribution is -2.16. The molecule has 4 nitrogen and oxygen atoms in total. The van der Waals surface area contributed by atoms with E-state index >= 15 is 0 Å². The highest BCUT2D eigenvalue weighted by molar-refractivity contribution is 5.41. The highest BCUT2D eigenvalue weighted by Crippen LogP contribution is 2.13. The van der Waals surface area contributed by atoms with Crippen molar-refractivity contribution in [1.82, 2.24) is 14.2 Å². The van der Waals surface area contributed by atoms with Crippen molar-refractivity contribution in [2.75, 3.05) is 0 Å². The Hall–Kier alpha value is -1.58. The predicted molar refractivity (Wildman–Crippen MR) is 59.2 cm³/mol. The highest BCUT2D eigenvalue weighted by atomic mass is 16.1. The van der Waals surface area contributed by atoms with Crippen molar-refractivity contribution in [3.63, 3.8) is 0 Å². The summed E-state index contributed by atoms with van der Waals surface area (Å²) in [5, 5.41) is 4.30. The Morgan fingerprint density at radius 2 is 2.20 bits per heavy atom. The molecule has 80 valence electrons. The van der Waals surface area contributed by atoms with Gasteiger partial charge in [-0.05, 0) is 12.8 Å². The Morgan fingerprint density at radius 1 is 1.47 bits per heavy atom. The molecule has 4 heteroatoms. The minimum absolute atomic E-state index is 0.0680. The molecule has 0 radical (unpaired) electrons. The predicted octanol–water partition coefficient (Wildman–Crippen LogP) is 1.64. The topological polar surface area (TPSA) is 39.3 Å². The smallest absolute Gasteiger partial charge is 0.274 e. The van der Waals surface area contributed by atoms with Crippen molar-refractivity contribution in [3.8, 4) is 0 Å². The normalized spacial score (nSPS) is 11.5. The van der Waals surface area contributed by atoms with Crippen LogP contribution in [0.5, 0.6) is 0 Å². The van der Waals surface area contributed by atoms with Gasteiger partial charge >= 0.3 is 0 Å². The molecule has 0 amide bonds. The van der Waals surface area contributed by atoms with Gasteiger partial charge in [0.2, 0.25) is 0 Å². The van der Waals surface area contributed by atoms with Gasteiger partial charge in [0.15, 0.2) is 0 Å². The molecule has 0 spiro atoms. The van der Waals surface area contributed by atoms with Crippen LogP contribution < -0.4 is 5.56 Å². The largest absolute Gasteiger partial charge is 0.333 e. The van der Waals surface area contributed by atoms with Crippen molar-refractivity contribution in [3.05, 3.63) is 34.4 Å². The van der Waals surface area contributed by atoms with E-state index in [-0.39, 0.29) is 5.56 Å². The van der Waals surface area contributed by atoms with E-state index in [4.69, 9.17) is 0 Å². The molecular weight excluding hydrogens is 190 g/mol. The third-order valence-corrected chi connectivity index (χ3v) is 2.54. The van der Waals surface area contributed by atoms with Crippen molar-refractivity contribution in [1.29, 1.82) is 0 Å². The highest BCUT2D eigenvalue weighted by Gasteiger charge is 2.08. The van der Waals surface area contributed by atoms with Crippen LogP contribution in [0.15, 0.2) is 23.1 Å². The van der Waals surface area contributed by atoms with Gasteiger partial charge in [-0.1, -0.05) is 13.8 Å². The Labute approximate surface area is 88.2 Å². The monoisotopic (exact) mass is 205 g/mol. The lowest BCUT2D eigenvalue weighted by Gasteiger charge is -2.02. The fourth-order valence-corrected chi connectivity index (χ4v) is 1.61. The molecule has 0 bridgehead atoms. The quantitative estimate of drug-likeness (QED) is 0.747. The van der Waals surface area contributed by atoms with Gasteiger partial charge < -0.3 is 4.57 Å². The molecule has 0 unspecified atom stereocenters. The number of aromatic nitrogens is 3. The van der Waals surface area contributed by atoms with Crippen LogP contribution in [0.25, 0.3) is 5.65 Å². The second-order valence-electron chi connectivity index (χ2n) is 3.93. The summed E-state index contributed by atoms with van der Waals surface area (Å²) in [6.07, 6.45) is 1.81. The van der Waals surface area contributed by atoms with Gasteiger partial charge in [-0.3, -0.25) is 4.79 Å². The molecule has 0 N–H and O–H groups in total. The molecule has 2 aromatic heterocycles. The van der Waals surface area contributed by atoms with Gasteiger partial charge in [-0.15, -0.1) is 0 Å². The molecule has 2 rings (SSSR count). The van der Waals surface area contributed by atoms with Crippen LogP contribution >= 0.6 is 0 Å². The number of hydrogen-bond donors (Lipinski definition) is 0. The summed E-state index contributed by atoms with van der Waals surface area (Å²) >= 11 is 0. The van der Waals surface area contributed by atoms with Crippen LogP contribution in [0.3, 0.4) is 0 Å². The van der Waals surface area contributed by atoms with E-state index in [2.05, 4.69) is 18.9 Å². The first kappa shape index (κ1) is 9.96. The average Bonchev–Trinajstić information content (AvgIpc) is 2.64. The van der Waals surface area contributed by atoms with Gasteiger partial charge in [-0.2, -0.15) is 9.61 Å². The summed E-state index contributed by atoms with van der Waals surface area (Å²) in [6, 6.07) is 3.53. The molecule has 0 saturated heterocycles. The SMILES string of the molecule is CCn1ccc(=O)n2nc(C(C)C)cc12. The lowest BCUT2D eigenvalue weighted by molar-refractivity contribution is 0.727. The molecular formula is C11H15N3O. The summed E-state index contributed by atoms with van der Waals surface area (Å²) in [7, 11) is 0. The Balaban J connectivity index is 2.78. The zero-order valence-electron chi connectivity index (χ0n) is 9.27. The van der Waals surface area contributed by atoms with Crippen LogP contribution in [-0.4, -0.2) is 14.2 Å². The molecule has 15 heavy (non-hydrogen) atoms. The van der Waals surface area contributed by atoms with Crippen LogP contribution in [0.4, 0.5) is 0 Å². The lowest BCUT2D eigenvalue weighted by atomic mass is 10.1. The van der Waals surface area contributed by atoms with Crippen LogP contribution in [0, 0.1) is 0 Å². The second-order valence-corrected chi connectivity index (χ2v) is 3.93. The van der Waals surface area contributed by atoms with Gasteiger partial charge in [-0.25, -0.2) is 0 Å². The fourth-order valence-electron chi connectivity index (χ4n) is 1.61. The van der Waals surface area contributed by atoms with E-state index < -0.39 is 0 Å².